The Balaban J connectivity index is 0.991. The summed E-state index contributed by atoms with van der Waals surface area (Å²) in [4.78, 5) is 16.3. The van der Waals surface area contributed by atoms with Gasteiger partial charge in [-0.1, -0.05) is 194 Å². The van der Waals surface area contributed by atoms with Crippen LogP contribution in [0, 0.1) is 23.7 Å². The van der Waals surface area contributed by atoms with Gasteiger partial charge in [-0.25, -0.2) is 15.0 Å². The van der Waals surface area contributed by atoms with E-state index >= 15 is 0 Å². The van der Waals surface area contributed by atoms with E-state index in [4.69, 9.17) is 15.0 Å². The zero-order valence-corrected chi connectivity index (χ0v) is 36.7. The molecule has 0 amide bonds. The second-order valence-electron chi connectivity index (χ2n) is 19.5. The molecule has 1 aromatic heterocycles. The van der Waals surface area contributed by atoms with E-state index in [2.05, 4.69) is 200 Å². The van der Waals surface area contributed by atoms with Gasteiger partial charge in [0.15, 0.2) is 17.5 Å². The van der Waals surface area contributed by atoms with Crippen LogP contribution in [0.1, 0.15) is 43.2 Å². The monoisotopic (exact) mass is 845 g/mol. The molecule has 4 saturated carbocycles. The van der Waals surface area contributed by atoms with Crippen LogP contribution in [0.25, 0.3) is 100 Å². The van der Waals surface area contributed by atoms with Crippen LogP contribution in [-0.4, -0.2) is 15.0 Å². The van der Waals surface area contributed by atoms with E-state index in [0.717, 1.165) is 56.0 Å². The summed E-state index contributed by atoms with van der Waals surface area (Å²) in [5.74, 6) is 5.17. The first-order chi connectivity index (χ1) is 32.7. The van der Waals surface area contributed by atoms with E-state index in [1.54, 1.807) is 11.1 Å². The normalized spacial score (nSPS) is 21.1. The van der Waals surface area contributed by atoms with Crippen molar-refractivity contribution in [1.29, 1.82) is 0 Å². The van der Waals surface area contributed by atoms with Crippen LogP contribution in [0.2, 0.25) is 0 Å². The summed E-state index contributed by atoms with van der Waals surface area (Å²) in [6.45, 7) is 0. The molecule has 1 spiro atoms. The maximum Gasteiger partial charge on any atom is 0.165 e. The summed E-state index contributed by atoms with van der Waals surface area (Å²) in [6, 6.07) is 73.1. The Morgan fingerprint density at radius 1 is 0.303 bits per heavy atom. The summed E-state index contributed by atoms with van der Waals surface area (Å²) in [5, 5.41) is 4.69. The molecule has 0 aliphatic heterocycles. The average molecular weight is 846 g/mol. The van der Waals surface area contributed by atoms with Gasteiger partial charge in [-0.2, -0.15) is 0 Å². The van der Waals surface area contributed by atoms with Gasteiger partial charge in [0.2, 0.25) is 0 Å². The highest BCUT2D eigenvalue weighted by Crippen LogP contribution is 2.69. The first-order valence-electron chi connectivity index (χ1n) is 23.9. The van der Waals surface area contributed by atoms with E-state index in [-0.39, 0.29) is 5.41 Å². The number of nitrogens with zero attached hydrogens (tertiary/aromatic N) is 3. The molecule has 9 aromatic carbocycles. The number of aromatic nitrogens is 3. The number of hydrogen-bond donors (Lipinski definition) is 0. The second-order valence-corrected chi connectivity index (χ2v) is 19.5. The minimum Gasteiger partial charge on any atom is -0.208 e. The molecule has 66 heavy (non-hydrogen) atoms. The molecule has 0 unspecified atom stereocenters. The van der Waals surface area contributed by atoms with Crippen LogP contribution in [0.4, 0.5) is 0 Å². The third-order valence-corrected chi connectivity index (χ3v) is 16.1. The van der Waals surface area contributed by atoms with Gasteiger partial charge < -0.3 is 0 Å². The first kappa shape index (κ1) is 37.8. The van der Waals surface area contributed by atoms with E-state index < -0.39 is 0 Å². The second kappa shape index (κ2) is 14.8. The Hall–Kier alpha value is -7.49. The van der Waals surface area contributed by atoms with Gasteiger partial charge in [-0.05, 0) is 139 Å². The first-order valence-corrected chi connectivity index (χ1v) is 23.9. The van der Waals surface area contributed by atoms with Gasteiger partial charge in [0.25, 0.3) is 0 Å². The molecule has 3 heteroatoms. The Bertz CT molecular complexity index is 3450. The van der Waals surface area contributed by atoms with Gasteiger partial charge in [0, 0.05) is 22.1 Å². The van der Waals surface area contributed by atoms with E-state index in [9.17, 15) is 0 Å². The molecule has 0 saturated heterocycles. The maximum atomic E-state index is 5.50. The third kappa shape index (κ3) is 5.65. The molecule has 1 heterocycles. The molecular formula is C63H47N3. The SMILES string of the molecule is c1ccc(-c2ccc(-c3nc(-c4ccccc4-c4ccccc4)nc(-c4c5ccccc5c(-c5ccc6c(c5)C5(c7ccccc7-6)C6CC7CC(C6)CC5C7)c5ccccc45)n3)cc2)cc1. The van der Waals surface area contributed by atoms with Crippen molar-refractivity contribution in [2.45, 2.75) is 37.5 Å². The van der Waals surface area contributed by atoms with E-state index in [0.29, 0.717) is 29.3 Å². The van der Waals surface area contributed by atoms with Crippen molar-refractivity contribution in [3.05, 3.63) is 211 Å². The Labute approximate surface area is 385 Å². The number of benzene rings is 9. The van der Waals surface area contributed by atoms with Gasteiger partial charge in [-0.15, -0.1) is 0 Å². The van der Waals surface area contributed by atoms with Gasteiger partial charge in [0.1, 0.15) is 0 Å². The molecule has 5 aliphatic carbocycles. The van der Waals surface area contributed by atoms with Gasteiger partial charge in [-0.3, -0.25) is 0 Å². The minimum absolute atomic E-state index is 0.0912. The summed E-state index contributed by atoms with van der Waals surface area (Å²) in [6.07, 6.45) is 6.93. The van der Waals surface area contributed by atoms with Crippen LogP contribution in [0.5, 0.6) is 0 Å². The highest BCUT2D eigenvalue weighted by Gasteiger charge is 2.61. The number of hydrogen-bond acceptors (Lipinski definition) is 3. The van der Waals surface area contributed by atoms with Crippen molar-refractivity contribution < 1.29 is 0 Å². The molecule has 314 valence electrons. The quantitative estimate of drug-likeness (QED) is 0.157. The molecule has 0 atom stereocenters. The molecule has 4 fully saturated rings. The fourth-order valence-corrected chi connectivity index (χ4v) is 13.7. The third-order valence-electron chi connectivity index (χ3n) is 16.1. The fourth-order valence-electron chi connectivity index (χ4n) is 13.7. The topological polar surface area (TPSA) is 38.7 Å². The fraction of sp³-hybridized carbons (Fsp3) is 0.159. The van der Waals surface area contributed by atoms with Gasteiger partial charge >= 0.3 is 0 Å². The molecular weight excluding hydrogens is 799 g/mol. The van der Waals surface area contributed by atoms with Crippen molar-refractivity contribution in [3.63, 3.8) is 0 Å². The number of rotatable bonds is 6. The van der Waals surface area contributed by atoms with Crippen molar-refractivity contribution >= 4 is 21.5 Å². The zero-order chi connectivity index (χ0) is 43.3. The summed E-state index contributed by atoms with van der Waals surface area (Å²) in [5.41, 5.74) is 16.2. The van der Waals surface area contributed by atoms with Crippen molar-refractivity contribution in [3.8, 4) is 78.7 Å². The largest absolute Gasteiger partial charge is 0.208 e. The van der Waals surface area contributed by atoms with E-state index in [1.807, 2.05) is 0 Å². The molecule has 3 nitrogen and oxygen atoms in total. The van der Waals surface area contributed by atoms with Crippen LogP contribution in [0.15, 0.2) is 200 Å². The predicted octanol–water partition coefficient (Wildman–Crippen LogP) is 15.9. The lowest BCUT2D eigenvalue weighted by atomic mass is 9.43. The van der Waals surface area contributed by atoms with Crippen LogP contribution < -0.4 is 0 Å². The molecule has 0 radical (unpaired) electrons. The van der Waals surface area contributed by atoms with Crippen LogP contribution >= 0.6 is 0 Å². The molecule has 5 aliphatic rings. The lowest BCUT2D eigenvalue weighted by molar-refractivity contribution is -0.0399. The maximum absolute atomic E-state index is 5.50. The van der Waals surface area contributed by atoms with Crippen molar-refractivity contribution in [1.82, 2.24) is 15.0 Å². The highest BCUT2D eigenvalue weighted by atomic mass is 15.0. The lowest BCUT2D eigenvalue weighted by Crippen LogP contribution is -2.55. The standard InChI is InChI=1S/C63H47N3/c1-3-15-41(16-4-1)42-27-29-44(30-28-42)60-64-61(55-25-12-7-19-48(55)43-17-5-2-6-18-43)66-62(65-60)59-53-23-10-8-21-51(53)58(52-22-9-11-24-54(52)59)45-31-32-50-49-20-13-14-26-56(49)63(57(50)38-45)46-34-39-33-40(36-46)37-47(63)35-39/h1-32,38-40,46-47H,33-37H2. The van der Waals surface area contributed by atoms with Crippen LogP contribution in [-0.2, 0) is 5.41 Å². The smallest absolute Gasteiger partial charge is 0.165 e. The Morgan fingerprint density at radius 3 is 1.41 bits per heavy atom. The summed E-state index contributed by atoms with van der Waals surface area (Å²) >= 11 is 0. The summed E-state index contributed by atoms with van der Waals surface area (Å²) < 4.78 is 0. The molecule has 15 rings (SSSR count). The highest BCUT2D eigenvalue weighted by molar-refractivity contribution is 6.21. The molecule has 4 bridgehead atoms. The van der Waals surface area contributed by atoms with Crippen molar-refractivity contribution in [2.24, 2.45) is 23.7 Å². The zero-order valence-electron chi connectivity index (χ0n) is 36.7. The Kier molecular flexibility index (Phi) is 8.47. The minimum atomic E-state index is 0.0912. The van der Waals surface area contributed by atoms with Crippen molar-refractivity contribution in [2.75, 3.05) is 0 Å². The predicted molar refractivity (Wildman–Crippen MR) is 271 cm³/mol. The van der Waals surface area contributed by atoms with Gasteiger partial charge in [0.05, 0.1) is 0 Å². The lowest BCUT2D eigenvalue weighted by Gasteiger charge is -2.61. The van der Waals surface area contributed by atoms with E-state index in [1.165, 1.54) is 70.7 Å². The average Bonchev–Trinajstić information content (AvgIpc) is 3.67. The van der Waals surface area contributed by atoms with Crippen LogP contribution in [0.3, 0.4) is 0 Å². The molecule has 0 N–H and O–H groups in total. The Morgan fingerprint density at radius 2 is 0.758 bits per heavy atom. The molecule has 10 aromatic rings. The number of fused-ring (bicyclic) bond motifs is 5. The summed E-state index contributed by atoms with van der Waals surface area (Å²) in [7, 11) is 0.